The van der Waals surface area contributed by atoms with E-state index in [9.17, 15) is 4.79 Å². The van der Waals surface area contributed by atoms with Gasteiger partial charge in [0.25, 0.3) is 0 Å². The fourth-order valence-corrected chi connectivity index (χ4v) is 1.94. The molecular weight excluding hydrogens is 313 g/mol. The summed E-state index contributed by atoms with van der Waals surface area (Å²) in [6.07, 6.45) is 2.73. The van der Waals surface area contributed by atoms with Crippen LogP contribution in [0.1, 0.15) is 24.0 Å². The highest BCUT2D eigenvalue weighted by Crippen LogP contribution is 2.03. The number of carbonyl (C=O) groups is 1. The van der Waals surface area contributed by atoms with Gasteiger partial charge < -0.3 is 5.32 Å². The van der Waals surface area contributed by atoms with Crippen molar-refractivity contribution in [2.45, 2.75) is 26.2 Å². The summed E-state index contributed by atoms with van der Waals surface area (Å²) < 4.78 is 1.16. The molecule has 1 aromatic carbocycles. The van der Waals surface area contributed by atoms with E-state index in [0.29, 0.717) is 6.42 Å². The lowest BCUT2D eigenvalue weighted by atomic mass is 10.1. The van der Waals surface area contributed by atoms with Crippen molar-refractivity contribution in [1.29, 1.82) is 0 Å². The molecule has 1 N–H and O–H groups in total. The van der Waals surface area contributed by atoms with Gasteiger partial charge in [-0.25, -0.2) is 0 Å². The lowest BCUT2D eigenvalue weighted by molar-refractivity contribution is -0.120. The van der Waals surface area contributed by atoms with Crippen molar-refractivity contribution in [2.75, 3.05) is 11.0 Å². The number of aryl methyl sites for hydroxylation is 1. The second-order valence-electron chi connectivity index (χ2n) is 3.91. The minimum atomic E-state index is 0.123. The van der Waals surface area contributed by atoms with Gasteiger partial charge in [0.05, 0.1) is 6.42 Å². The van der Waals surface area contributed by atoms with Crippen molar-refractivity contribution in [3.8, 4) is 0 Å². The molecule has 16 heavy (non-hydrogen) atoms. The third-order valence-corrected chi connectivity index (χ3v) is 3.13. The first-order valence-electron chi connectivity index (χ1n) is 5.60. The first kappa shape index (κ1) is 13.5. The van der Waals surface area contributed by atoms with Crippen LogP contribution in [0.3, 0.4) is 0 Å². The van der Waals surface area contributed by atoms with Gasteiger partial charge in [-0.15, -0.1) is 0 Å². The van der Waals surface area contributed by atoms with Gasteiger partial charge in [-0.2, -0.15) is 0 Å². The Morgan fingerprint density at radius 1 is 1.25 bits per heavy atom. The monoisotopic (exact) mass is 331 g/mol. The van der Waals surface area contributed by atoms with Gasteiger partial charge in [0, 0.05) is 6.54 Å². The van der Waals surface area contributed by atoms with Gasteiger partial charge in [-0.3, -0.25) is 4.79 Å². The Labute approximate surface area is 111 Å². The number of nitrogens with one attached hydrogen (secondary N) is 1. The molecule has 0 aliphatic heterocycles. The maximum absolute atomic E-state index is 11.5. The van der Waals surface area contributed by atoms with Crippen LogP contribution >= 0.6 is 22.6 Å². The molecule has 0 radical (unpaired) electrons. The minimum absolute atomic E-state index is 0.123. The molecule has 0 fully saturated rings. The number of alkyl halides is 1. The molecule has 0 heterocycles. The van der Waals surface area contributed by atoms with E-state index in [2.05, 4.69) is 27.9 Å². The Balaban J connectivity index is 2.26. The van der Waals surface area contributed by atoms with Crippen molar-refractivity contribution in [2.24, 2.45) is 0 Å². The third-order valence-electron chi connectivity index (χ3n) is 2.37. The lowest BCUT2D eigenvalue weighted by Gasteiger charge is -2.04. The SMILES string of the molecule is Cc1ccc(CC(=O)NCCCCI)cc1. The van der Waals surface area contributed by atoms with Crippen LogP contribution in [0.25, 0.3) is 0 Å². The summed E-state index contributed by atoms with van der Waals surface area (Å²) in [4.78, 5) is 11.5. The van der Waals surface area contributed by atoms with Crippen LogP contribution in [0.15, 0.2) is 24.3 Å². The number of hydrogen-bond acceptors (Lipinski definition) is 1. The second-order valence-corrected chi connectivity index (χ2v) is 4.99. The molecule has 0 saturated carbocycles. The minimum Gasteiger partial charge on any atom is -0.356 e. The molecule has 0 spiro atoms. The van der Waals surface area contributed by atoms with Crippen molar-refractivity contribution in [1.82, 2.24) is 5.32 Å². The average Bonchev–Trinajstić information content (AvgIpc) is 2.28. The van der Waals surface area contributed by atoms with Gasteiger partial charge in [0.1, 0.15) is 0 Å². The van der Waals surface area contributed by atoms with Gasteiger partial charge in [-0.1, -0.05) is 52.4 Å². The van der Waals surface area contributed by atoms with Crippen molar-refractivity contribution in [3.63, 3.8) is 0 Å². The van der Waals surface area contributed by atoms with Crippen molar-refractivity contribution in [3.05, 3.63) is 35.4 Å². The molecule has 0 aromatic heterocycles. The summed E-state index contributed by atoms with van der Waals surface area (Å²) in [6.45, 7) is 2.85. The maximum atomic E-state index is 11.5. The van der Waals surface area contributed by atoms with Gasteiger partial charge in [0.15, 0.2) is 0 Å². The highest BCUT2D eigenvalue weighted by atomic mass is 127. The van der Waals surface area contributed by atoms with Gasteiger partial charge in [-0.05, 0) is 29.8 Å². The van der Waals surface area contributed by atoms with Crippen molar-refractivity contribution < 1.29 is 4.79 Å². The Morgan fingerprint density at radius 3 is 2.56 bits per heavy atom. The molecule has 3 heteroatoms. The third kappa shape index (κ3) is 5.49. The highest BCUT2D eigenvalue weighted by Gasteiger charge is 2.01. The molecule has 88 valence electrons. The van der Waals surface area contributed by atoms with Crippen molar-refractivity contribution >= 4 is 28.5 Å². The van der Waals surface area contributed by atoms with E-state index in [0.717, 1.165) is 23.0 Å². The molecule has 0 aliphatic carbocycles. The molecule has 0 atom stereocenters. The molecule has 0 aliphatic rings. The number of amides is 1. The van der Waals surface area contributed by atoms with E-state index in [-0.39, 0.29) is 5.91 Å². The summed E-state index contributed by atoms with van der Waals surface area (Å²) in [5, 5.41) is 2.94. The number of unbranched alkanes of at least 4 members (excludes halogenated alkanes) is 1. The average molecular weight is 331 g/mol. The number of halogens is 1. The topological polar surface area (TPSA) is 29.1 Å². The standard InChI is InChI=1S/C13H18INO/c1-11-4-6-12(7-5-11)10-13(16)15-9-3-2-8-14/h4-7H,2-3,8-10H2,1H3,(H,15,16). The second kappa shape index (κ2) is 7.65. The van der Waals surface area contributed by atoms with E-state index in [1.54, 1.807) is 0 Å². The van der Waals surface area contributed by atoms with Crippen LogP contribution < -0.4 is 5.32 Å². The fraction of sp³-hybridized carbons (Fsp3) is 0.462. The van der Waals surface area contributed by atoms with E-state index in [1.165, 1.54) is 12.0 Å². The molecule has 0 bridgehead atoms. The predicted molar refractivity (Wildman–Crippen MR) is 76.0 cm³/mol. The molecule has 1 amide bonds. The number of benzene rings is 1. The Bertz CT molecular complexity index is 321. The Morgan fingerprint density at radius 2 is 1.94 bits per heavy atom. The Hall–Kier alpha value is -0.580. The normalized spacial score (nSPS) is 10.1. The van der Waals surface area contributed by atoms with Crippen LogP contribution in [0.5, 0.6) is 0 Å². The van der Waals surface area contributed by atoms with Crippen LogP contribution in [-0.2, 0) is 11.2 Å². The van der Waals surface area contributed by atoms with Crippen LogP contribution in [-0.4, -0.2) is 16.9 Å². The van der Waals surface area contributed by atoms with E-state index >= 15 is 0 Å². The van der Waals surface area contributed by atoms with E-state index in [1.807, 2.05) is 31.2 Å². The largest absolute Gasteiger partial charge is 0.356 e. The summed E-state index contributed by atoms with van der Waals surface area (Å²) in [6, 6.07) is 8.11. The quantitative estimate of drug-likeness (QED) is 0.485. The van der Waals surface area contributed by atoms with E-state index < -0.39 is 0 Å². The number of rotatable bonds is 6. The van der Waals surface area contributed by atoms with E-state index in [4.69, 9.17) is 0 Å². The predicted octanol–water partition coefficient (Wildman–Crippen LogP) is 2.87. The molecular formula is C13H18INO. The zero-order valence-electron chi connectivity index (χ0n) is 9.63. The van der Waals surface area contributed by atoms with Crippen LogP contribution in [0.2, 0.25) is 0 Å². The summed E-state index contributed by atoms with van der Waals surface area (Å²) in [5.74, 6) is 0.123. The first-order valence-corrected chi connectivity index (χ1v) is 7.13. The fourth-order valence-electron chi connectivity index (χ4n) is 1.40. The zero-order valence-corrected chi connectivity index (χ0v) is 11.8. The van der Waals surface area contributed by atoms with Gasteiger partial charge >= 0.3 is 0 Å². The zero-order chi connectivity index (χ0) is 11.8. The molecule has 0 unspecified atom stereocenters. The first-order chi connectivity index (χ1) is 7.72. The molecule has 2 nitrogen and oxygen atoms in total. The van der Waals surface area contributed by atoms with Gasteiger partial charge in [0.2, 0.25) is 5.91 Å². The number of carbonyl (C=O) groups excluding carboxylic acids is 1. The smallest absolute Gasteiger partial charge is 0.224 e. The highest BCUT2D eigenvalue weighted by molar-refractivity contribution is 14.1. The molecule has 1 aromatic rings. The molecule has 0 saturated heterocycles. The summed E-state index contributed by atoms with van der Waals surface area (Å²) in [7, 11) is 0. The lowest BCUT2D eigenvalue weighted by Crippen LogP contribution is -2.26. The molecule has 1 rings (SSSR count). The van der Waals surface area contributed by atoms with Crippen LogP contribution in [0, 0.1) is 6.92 Å². The maximum Gasteiger partial charge on any atom is 0.224 e. The summed E-state index contributed by atoms with van der Waals surface area (Å²) in [5.41, 5.74) is 2.31. The number of hydrogen-bond donors (Lipinski definition) is 1. The van der Waals surface area contributed by atoms with Crippen LogP contribution in [0.4, 0.5) is 0 Å². The summed E-state index contributed by atoms with van der Waals surface area (Å²) >= 11 is 2.35. The Kier molecular flexibility index (Phi) is 6.45.